The third-order valence-electron chi connectivity index (χ3n) is 11.6. The molecule has 0 saturated carbocycles. The molecule has 1 unspecified atom stereocenters. The van der Waals surface area contributed by atoms with Gasteiger partial charge < -0.3 is 85.1 Å². The van der Waals surface area contributed by atoms with E-state index in [0.29, 0.717) is 207 Å². The number of aromatic nitrogens is 2. The number of ether oxygens (including phenoxy) is 15. The van der Waals surface area contributed by atoms with Gasteiger partial charge in [-0.25, -0.2) is 19.6 Å². The van der Waals surface area contributed by atoms with Crippen LogP contribution in [-0.4, -0.2) is 230 Å². The van der Waals surface area contributed by atoms with Crippen molar-refractivity contribution in [3.8, 4) is 11.4 Å². The topological polar surface area (TPSA) is 253 Å². The molecule has 1 fully saturated rings. The lowest BCUT2D eigenvalue weighted by Crippen LogP contribution is -2.43. The second-order valence-electron chi connectivity index (χ2n) is 17.4. The first-order valence-corrected chi connectivity index (χ1v) is 27.0. The second-order valence-corrected chi connectivity index (χ2v) is 17.4. The molecule has 0 spiro atoms. The van der Waals surface area contributed by atoms with Gasteiger partial charge in [-0.15, -0.1) is 0 Å². The van der Waals surface area contributed by atoms with Crippen LogP contribution in [0.2, 0.25) is 0 Å². The predicted octanol–water partition coefficient (Wildman–Crippen LogP) is 4.29. The first-order chi connectivity index (χ1) is 39.0. The Balaban J connectivity index is 0.746. The molecule has 1 aliphatic rings. The summed E-state index contributed by atoms with van der Waals surface area (Å²) in [7, 11) is 1.64. The first kappa shape index (κ1) is 64.9. The van der Waals surface area contributed by atoms with Gasteiger partial charge in [-0.05, 0) is 49.1 Å². The number of carbonyl (C=O) groups excluding carboxylic acids is 1. The number of hydroxylamine groups is 2. The van der Waals surface area contributed by atoms with Crippen LogP contribution in [0.4, 0.5) is 0 Å². The molecule has 3 heterocycles. The SMILES string of the molecule is COCCOCCOCCOCCOCCOCCOCCCCOCCOCCOCCOCCOCCOCCOCCOC(=C=O)N1OCC1c1ccc2cc(-c3nc4ccccc4n3CCCC(=O)O)c(=O)oc2c1. The summed E-state index contributed by atoms with van der Waals surface area (Å²) in [6.07, 6.45) is 2.17. The minimum atomic E-state index is -0.899. The monoisotopic (exact) mass is 1120 g/mol. The minimum Gasteiger partial charge on any atom is -0.481 e. The number of aryl methyl sites for hydroxylation is 1. The Morgan fingerprint density at radius 3 is 1.49 bits per heavy atom. The fraction of sp³-hybridized carbons (Fsp3) is 0.655. The van der Waals surface area contributed by atoms with E-state index in [1.165, 1.54) is 5.06 Å². The average Bonchev–Trinajstić information content (AvgIpc) is 4.05. The lowest BCUT2D eigenvalue weighted by molar-refractivity contribution is -0.290. The molecule has 1 atom stereocenters. The Morgan fingerprint density at radius 1 is 0.595 bits per heavy atom. The van der Waals surface area contributed by atoms with Crippen molar-refractivity contribution in [2.45, 2.75) is 38.3 Å². The van der Waals surface area contributed by atoms with Crippen molar-refractivity contribution in [2.24, 2.45) is 0 Å². The molecule has 0 aliphatic carbocycles. The van der Waals surface area contributed by atoms with Crippen LogP contribution in [0.3, 0.4) is 0 Å². The van der Waals surface area contributed by atoms with E-state index in [1.807, 2.05) is 41.0 Å². The zero-order chi connectivity index (χ0) is 55.6. The number of para-hydroxylation sites is 2. The van der Waals surface area contributed by atoms with Gasteiger partial charge in [0, 0.05) is 38.7 Å². The Hall–Kier alpha value is -4.96. The quantitative estimate of drug-likeness (QED) is 0.0280. The highest BCUT2D eigenvalue weighted by molar-refractivity contribution is 5.85. The summed E-state index contributed by atoms with van der Waals surface area (Å²) in [4.78, 5) is 46.7. The van der Waals surface area contributed by atoms with E-state index in [9.17, 15) is 19.5 Å². The van der Waals surface area contributed by atoms with Crippen molar-refractivity contribution in [3.63, 3.8) is 0 Å². The van der Waals surface area contributed by atoms with Crippen LogP contribution in [0.5, 0.6) is 0 Å². The van der Waals surface area contributed by atoms with Crippen molar-refractivity contribution < 1.29 is 95.0 Å². The summed E-state index contributed by atoms with van der Waals surface area (Å²) < 4.78 is 89.9. The maximum atomic E-state index is 13.4. The lowest BCUT2D eigenvalue weighted by atomic mass is 10.0. The van der Waals surface area contributed by atoms with E-state index in [4.69, 9.17) is 85.3 Å². The molecule has 5 rings (SSSR count). The van der Waals surface area contributed by atoms with Gasteiger partial charge >= 0.3 is 17.5 Å². The summed E-state index contributed by atoms with van der Waals surface area (Å²) in [5, 5.41) is 11.2. The fourth-order valence-corrected chi connectivity index (χ4v) is 7.55. The van der Waals surface area contributed by atoms with Crippen LogP contribution in [0.25, 0.3) is 33.4 Å². The largest absolute Gasteiger partial charge is 0.481 e. The molecular formula is C55H81N3O21. The number of carbonyl (C=O) groups is 1. The lowest BCUT2D eigenvalue weighted by Gasteiger charge is -2.40. The summed E-state index contributed by atoms with van der Waals surface area (Å²) in [5.41, 5.74) is 2.21. The van der Waals surface area contributed by atoms with Gasteiger partial charge in [0.25, 0.3) is 0 Å². The van der Waals surface area contributed by atoms with Gasteiger partial charge in [0.2, 0.25) is 0 Å². The van der Waals surface area contributed by atoms with Gasteiger partial charge in [0.05, 0.1) is 176 Å². The van der Waals surface area contributed by atoms with Crippen molar-refractivity contribution in [1.82, 2.24) is 14.6 Å². The molecular weight excluding hydrogens is 1040 g/mol. The number of carboxylic acids is 1. The molecule has 442 valence electrons. The molecule has 2 aromatic carbocycles. The van der Waals surface area contributed by atoms with Crippen LogP contribution in [-0.2, 0) is 92.0 Å². The van der Waals surface area contributed by atoms with Crippen LogP contribution >= 0.6 is 0 Å². The Morgan fingerprint density at radius 2 is 1.05 bits per heavy atom. The maximum Gasteiger partial charge on any atom is 0.347 e. The van der Waals surface area contributed by atoms with E-state index in [1.54, 1.807) is 25.2 Å². The average molecular weight is 1120 g/mol. The van der Waals surface area contributed by atoms with Gasteiger partial charge in [-0.1, -0.05) is 24.3 Å². The Kier molecular flexibility index (Phi) is 34.5. The molecule has 0 radical (unpaired) electrons. The molecule has 24 nitrogen and oxygen atoms in total. The smallest absolute Gasteiger partial charge is 0.347 e. The van der Waals surface area contributed by atoms with E-state index in [-0.39, 0.29) is 43.7 Å². The van der Waals surface area contributed by atoms with Crippen molar-refractivity contribution in [3.05, 3.63) is 70.4 Å². The van der Waals surface area contributed by atoms with Crippen LogP contribution < -0.4 is 5.63 Å². The number of fused-ring (bicyclic) bond motifs is 2. The zero-order valence-corrected chi connectivity index (χ0v) is 45.7. The highest BCUT2D eigenvalue weighted by atomic mass is 16.7. The van der Waals surface area contributed by atoms with Gasteiger partial charge in [-0.3, -0.25) is 9.63 Å². The number of aliphatic carboxylic acids is 1. The van der Waals surface area contributed by atoms with Crippen molar-refractivity contribution >= 4 is 33.9 Å². The number of unbranched alkanes of at least 4 members (excludes halogenated alkanes) is 1. The summed E-state index contributed by atoms with van der Waals surface area (Å²) >= 11 is 0. The van der Waals surface area contributed by atoms with E-state index in [2.05, 4.69) is 0 Å². The van der Waals surface area contributed by atoms with E-state index < -0.39 is 11.6 Å². The fourth-order valence-electron chi connectivity index (χ4n) is 7.55. The Labute approximate surface area is 461 Å². The van der Waals surface area contributed by atoms with Crippen molar-refractivity contribution in [1.29, 1.82) is 0 Å². The molecule has 24 heteroatoms. The van der Waals surface area contributed by atoms with E-state index in [0.717, 1.165) is 23.9 Å². The molecule has 79 heavy (non-hydrogen) atoms. The maximum absolute atomic E-state index is 13.4. The molecule has 1 saturated heterocycles. The number of hydrogen-bond acceptors (Lipinski definition) is 22. The highest BCUT2D eigenvalue weighted by Crippen LogP contribution is 2.35. The summed E-state index contributed by atoms with van der Waals surface area (Å²) in [5.74, 6) is 1.16. The molecule has 4 aromatic rings. The van der Waals surface area contributed by atoms with Crippen LogP contribution in [0.15, 0.2) is 63.6 Å². The molecule has 1 aliphatic heterocycles. The number of rotatable bonds is 52. The predicted molar refractivity (Wildman–Crippen MR) is 286 cm³/mol. The first-order valence-electron chi connectivity index (χ1n) is 27.0. The number of carboxylic acid groups (broad SMARTS) is 1. The van der Waals surface area contributed by atoms with E-state index >= 15 is 0 Å². The number of nitrogens with zero attached hydrogens (tertiary/aromatic N) is 3. The van der Waals surface area contributed by atoms with Crippen LogP contribution in [0.1, 0.15) is 37.3 Å². The summed E-state index contributed by atoms with van der Waals surface area (Å²) in [6, 6.07) is 14.2. The van der Waals surface area contributed by atoms with Crippen LogP contribution in [0, 0.1) is 0 Å². The highest BCUT2D eigenvalue weighted by Gasteiger charge is 2.36. The third-order valence-corrected chi connectivity index (χ3v) is 11.6. The number of imidazole rings is 1. The number of benzene rings is 2. The normalized spacial score (nSPS) is 13.4. The third kappa shape index (κ3) is 26.5. The molecule has 2 aromatic heterocycles. The molecule has 0 amide bonds. The van der Waals surface area contributed by atoms with Crippen molar-refractivity contribution in [2.75, 3.05) is 199 Å². The molecule has 0 bridgehead atoms. The zero-order valence-electron chi connectivity index (χ0n) is 45.7. The van der Waals surface area contributed by atoms with Gasteiger partial charge in [-0.2, -0.15) is 0 Å². The van der Waals surface area contributed by atoms with Gasteiger partial charge in [0.1, 0.15) is 36.2 Å². The minimum absolute atomic E-state index is 0.0196. The molecule has 1 N–H and O–H groups in total. The Bertz CT molecular complexity index is 2340. The standard InChI is InChI=1S/C55H81N3O21/c1-63-15-16-66-21-22-69-27-28-72-31-29-70-25-23-67-19-17-64-13-4-5-14-65-18-20-68-24-26-71-30-32-73-33-34-74-35-36-75-37-38-76-39-40-77-52(43-59)58-50(44-78-58)45-10-11-46-41-47(55(62)79-51(46)42-45)54-56-48-7-2-3-8-49(48)57(54)12-6-9-53(60)61/h2-3,7-8,10-11,41-42,50H,4-6,9,12-40,44H2,1H3,(H,60,61). The second kappa shape index (κ2) is 42.0. The number of methoxy groups -OCH3 is 1. The summed E-state index contributed by atoms with van der Waals surface area (Å²) in [6.45, 7) is 13.9. The number of hydrogen-bond donors (Lipinski definition) is 1. The van der Waals surface area contributed by atoms with Gasteiger partial charge in [0.15, 0.2) is 5.94 Å².